The number of hydrogen-bond acceptors (Lipinski definition) is 9. The van der Waals surface area contributed by atoms with Gasteiger partial charge in [0.25, 0.3) is 0 Å². The number of oxime groups is 1. The minimum atomic E-state index is -3.67. The van der Waals surface area contributed by atoms with Crippen LogP contribution in [0.5, 0.6) is 0 Å². The molecule has 0 spiro atoms. The Morgan fingerprint density at radius 2 is 1.97 bits per heavy atom. The van der Waals surface area contributed by atoms with Crippen molar-refractivity contribution in [3.05, 3.63) is 12.7 Å². The van der Waals surface area contributed by atoms with Gasteiger partial charge in [-0.1, -0.05) is 25.9 Å². The van der Waals surface area contributed by atoms with E-state index in [0.717, 1.165) is 0 Å². The standard InChI is InChI=1S/C19H32N7O5P/c1-11(2)15(14(6)19(27)28)25-32(29,31-24-12(3)4)10-30-13(5)7-26-9-23-16-17(20)21-8-22-18(16)26/h8-9,11,13-15H,7,10H2,1-6H3,(H,25,29)(H,27,28)(H2,20,21,22)/t13-,14?,15?,32-/m1/s1. The second-order valence-corrected chi connectivity index (χ2v) is 10.3. The van der Waals surface area contributed by atoms with Crippen LogP contribution in [0.15, 0.2) is 17.8 Å². The summed E-state index contributed by atoms with van der Waals surface area (Å²) in [5, 5.41) is 16.1. The first-order chi connectivity index (χ1) is 14.9. The Kier molecular flexibility index (Phi) is 8.71. The van der Waals surface area contributed by atoms with Crippen molar-refractivity contribution in [3.8, 4) is 0 Å². The number of rotatable bonds is 12. The number of aromatic nitrogens is 4. The topological polar surface area (TPSA) is 167 Å². The average Bonchev–Trinajstić information content (AvgIpc) is 3.12. The number of anilines is 1. The third kappa shape index (κ3) is 6.72. The van der Waals surface area contributed by atoms with Gasteiger partial charge in [0.1, 0.15) is 18.2 Å². The summed E-state index contributed by atoms with van der Waals surface area (Å²) < 4.78 is 26.4. The van der Waals surface area contributed by atoms with E-state index in [0.29, 0.717) is 23.4 Å². The zero-order valence-corrected chi connectivity index (χ0v) is 20.1. The molecule has 0 aliphatic heterocycles. The molecule has 4 atom stereocenters. The van der Waals surface area contributed by atoms with Crippen molar-refractivity contribution >= 4 is 36.2 Å². The second kappa shape index (κ2) is 10.8. The fourth-order valence-electron chi connectivity index (χ4n) is 3.04. The highest BCUT2D eigenvalue weighted by Crippen LogP contribution is 2.45. The van der Waals surface area contributed by atoms with E-state index in [2.05, 4.69) is 25.2 Å². The molecule has 0 saturated heterocycles. The fourth-order valence-corrected chi connectivity index (χ4v) is 4.93. The second-order valence-electron chi connectivity index (χ2n) is 8.25. The van der Waals surface area contributed by atoms with Crippen molar-refractivity contribution in [3.63, 3.8) is 0 Å². The SMILES string of the molecule is CC(C)=NO[P@](=O)(CO[C@H](C)Cn1cnc2c(N)ncnc21)NC(C(C)C)C(C)C(=O)O. The molecule has 12 nitrogen and oxygen atoms in total. The quantitative estimate of drug-likeness (QED) is 0.239. The first-order valence-electron chi connectivity index (χ1n) is 10.3. The molecule has 0 aromatic carbocycles. The fraction of sp³-hybridized carbons (Fsp3) is 0.632. The molecule has 2 heterocycles. The van der Waals surface area contributed by atoms with E-state index in [1.54, 1.807) is 38.6 Å². The van der Waals surface area contributed by atoms with Crippen LogP contribution in [-0.2, 0) is 25.3 Å². The number of imidazole rings is 1. The van der Waals surface area contributed by atoms with Gasteiger partial charge < -0.3 is 24.8 Å². The summed E-state index contributed by atoms with van der Waals surface area (Å²) in [4.78, 5) is 23.8. The molecule has 0 radical (unpaired) electrons. The van der Waals surface area contributed by atoms with Gasteiger partial charge in [-0.2, -0.15) is 0 Å². The Morgan fingerprint density at radius 3 is 2.56 bits per heavy atom. The number of carboxylic acids is 1. The van der Waals surface area contributed by atoms with Crippen molar-refractivity contribution < 1.29 is 23.8 Å². The van der Waals surface area contributed by atoms with Gasteiger partial charge >= 0.3 is 13.5 Å². The number of nitrogens with one attached hydrogen (secondary N) is 1. The predicted molar refractivity (Wildman–Crippen MR) is 121 cm³/mol. The monoisotopic (exact) mass is 469 g/mol. The summed E-state index contributed by atoms with van der Waals surface area (Å²) >= 11 is 0. The summed E-state index contributed by atoms with van der Waals surface area (Å²) in [6.45, 7) is 10.8. The van der Waals surface area contributed by atoms with Crippen molar-refractivity contribution in [1.29, 1.82) is 0 Å². The van der Waals surface area contributed by atoms with Gasteiger partial charge in [0.2, 0.25) is 0 Å². The van der Waals surface area contributed by atoms with Crippen molar-refractivity contribution in [1.82, 2.24) is 24.6 Å². The molecule has 0 saturated carbocycles. The maximum atomic E-state index is 13.5. The number of nitrogens with zero attached hydrogens (tertiary/aromatic N) is 5. The number of carboxylic acid groups (broad SMARTS) is 1. The molecule has 0 amide bonds. The first-order valence-corrected chi connectivity index (χ1v) is 12.1. The molecule has 178 valence electrons. The van der Waals surface area contributed by atoms with Crippen LogP contribution in [0.4, 0.5) is 5.82 Å². The largest absolute Gasteiger partial charge is 0.481 e. The Morgan fingerprint density at radius 1 is 1.28 bits per heavy atom. The van der Waals surface area contributed by atoms with E-state index >= 15 is 0 Å². The van der Waals surface area contributed by atoms with E-state index in [-0.39, 0.29) is 18.1 Å². The Labute approximate surface area is 187 Å². The number of fused-ring (bicyclic) bond motifs is 1. The van der Waals surface area contributed by atoms with Crippen LogP contribution in [0.25, 0.3) is 11.2 Å². The van der Waals surface area contributed by atoms with Crippen LogP contribution in [0.3, 0.4) is 0 Å². The Balaban J connectivity index is 2.14. The van der Waals surface area contributed by atoms with Crippen LogP contribution in [0.2, 0.25) is 0 Å². The van der Waals surface area contributed by atoms with Crippen LogP contribution < -0.4 is 10.8 Å². The van der Waals surface area contributed by atoms with Crippen LogP contribution in [-0.4, -0.2) is 54.8 Å². The summed E-state index contributed by atoms with van der Waals surface area (Å²) in [6.07, 6.45) is 2.24. The zero-order valence-electron chi connectivity index (χ0n) is 19.2. The lowest BCUT2D eigenvalue weighted by Crippen LogP contribution is -2.41. The normalized spacial score (nSPS) is 16.3. The van der Waals surface area contributed by atoms with Gasteiger partial charge in [-0.3, -0.25) is 9.36 Å². The summed E-state index contributed by atoms with van der Waals surface area (Å²) in [5.41, 5.74) is 7.43. The van der Waals surface area contributed by atoms with Gasteiger partial charge in [0, 0.05) is 6.04 Å². The molecule has 32 heavy (non-hydrogen) atoms. The number of aliphatic carboxylic acids is 1. The molecule has 0 bridgehead atoms. The molecule has 13 heteroatoms. The highest BCUT2D eigenvalue weighted by atomic mass is 31.2. The van der Waals surface area contributed by atoms with Gasteiger partial charge in [0.15, 0.2) is 11.5 Å². The van der Waals surface area contributed by atoms with Crippen molar-refractivity contribution in [2.75, 3.05) is 12.1 Å². The third-order valence-corrected chi connectivity index (χ3v) is 6.29. The lowest BCUT2D eigenvalue weighted by molar-refractivity contribution is -0.142. The molecule has 2 aromatic rings. The molecular formula is C19H32N7O5P. The van der Waals surface area contributed by atoms with Crippen molar-refractivity contribution in [2.24, 2.45) is 17.0 Å². The highest BCUT2D eigenvalue weighted by molar-refractivity contribution is 7.56. The third-order valence-electron chi connectivity index (χ3n) is 4.76. The van der Waals surface area contributed by atoms with Gasteiger partial charge in [-0.05, 0) is 26.7 Å². The predicted octanol–water partition coefficient (Wildman–Crippen LogP) is 2.71. The van der Waals surface area contributed by atoms with E-state index in [9.17, 15) is 14.5 Å². The summed E-state index contributed by atoms with van der Waals surface area (Å²) in [6, 6.07) is -0.609. The maximum Gasteiger partial charge on any atom is 0.364 e. The number of hydrogen-bond donors (Lipinski definition) is 3. The highest BCUT2D eigenvalue weighted by Gasteiger charge is 2.36. The van der Waals surface area contributed by atoms with Gasteiger partial charge in [0.05, 0.1) is 30.6 Å². The minimum Gasteiger partial charge on any atom is -0.481 e. The first kappa shape index (κ1) is 25.7. The summed E-state index contributed by atoms with van der Waals surface area (Å²) in [7, 11) is -3.67. The van der Waals surface area contributed by atoms with Crippen LogP contribution in [0, 0.1) is 11.8 Å². The Bertz CT molecular complexity index is 1010. The van der Waals surface area contributed by atoms with Crippen LogP contribution >= 0.6 is 7.52 Å². The number of nitrogens with two attached hydrogens (primary N) is 1. The van der Waals surface area contributed by atoms with Gasteiger partial charge in [-0.25, -0.2) is 20.0 Å². The molecular weight excluding hydrogens is 437 g/mol. The van der Waals surface area contributed by atoms with E-state index in [1.807, 2.05) is 13.8 Å². The molecule has 2 rings (SSSR count). The smallest absolute Gasteiger partial charge is 0.364 e. The maximum absolute atomic E-state index is 13.5. The minimum absolute atomic E-state index is 0.121. The molecule has 2 aromatic heterocycles. The molecule has 4 N–H and O–H groups in total. The van der Waals surface area contributed by atoms with E-state index in [4.69, 9.17) is 15.1 Å². The van der Waals surface area contributed by atoms with Gasteiger partial charge in [-0.15, -0.1) is 0 Å². The number of carbonyl (C=O) groups is 1. The summed E-state index contributed by atoms with van der Waals surface area (Å²) in [5.74, 6) is -1.63. The lowest BCUT2D eigenvalue weighted by Gasteiger charge is -2.30. The zero-order chi connectivity index (χ0) is 24.1. The molecule has 0 aliphatic carbocycles. The van der Waals surface area contributed by atoms with Crippen molar-refractivity contribution in [2.45, 2.75) is 60.2 Å². The average molecular weight is 469 g/mol. The molecule has 0 fully saturated rings. The number of ether oxygens (including phenoxy) is 1. The van der Waals surface area contributed by atoms with E-state index in [1.165, 1.54) is 6.33 Å². The Hall–Kier alpha value is -2.56. The number of nitrogen functional groups attached to an aromatic ring is 1. The lowest BCUT2D eigenvalue weighted by atomic mass is 9.93. The van der Waals surface area contributed by atoms with E-state index < -0.39 is 31.6 Å². The molecule has 0 aliphatic rings. The molecule has 2 unspecified atom stereocenters. The van der Waals surface area contributed by atoms with Crippen LogP contribution in [0.1, 0.15) is 41.5 Å².